The smallest absolute Gasteiger partial charge is 0.225 e. The first-order valence-corrected chi connectivity index (χ1v) is 13.7. The first kappa shape index (κ1) is 29.3. The van der Waals surface area contributed by atoms with Gasteiger partial charge in [0.25, 0.3) is 0 Å². The fraction of sp³-hybridized carbons (Fsp3) is 0.724. The van der Waals surface area contributed by atoms with Gasteiger partial charge in [0.05, 0.1) is 6.10 Å². The molecule has 1 saturated carbocycles. The van der Waals surface area contributed by atoms with Crippen LogP contribution in [0.15, 0.2) is 18.2 Å². The molecule has 0 saturated heterocycles. The summed E-state index contributed by atoms with van der Waals surface area (Å²) < 4.78 is 0. The molecule has 0 radical (unpaired) electrons. The molecule has 2 rings (SSSR count). The Morgan fingerprint density at radius 1 is 1.29 bits per heavy atom. The third-order valence-electron chi connectivity index (χ3n) is 7.55. The molecule has 6 nitrogen and oxygen atoms in total. The van der Waals surface area contributed by atoms with Crippen molar-refractivity contribution in [2.24, 2.45) is 28.9 Å². The normalized spacial score (nSPS) is 16.6. The van der Waals surface area contributed by atoms with Gasteiger partial charge in [-0.15, -0.1) is 0 Å². The number of anilines is 1. The second-order valence-corrected chi connectivity index (χ2v) is 11.5. The maximum Gasteiger partial charge on any atom is 0.225 e. The quantitative estimate of drug-likeness (QED) is 0.183. The summed E-state index contributed by atoms with van der Waals surface area (Å²) in [6, 6.07) is 5.74. The molecule has 0 aliphatic heterocycles. The van der Waals surface area contributed by atoms with E-state index in [4.69, 9.17) is 11.1 Å². The van der Waals surface area contributed by atoms with Gasteiger partial charge in [-0.2, -0.15) is 0 Å². The molecule has 1 aliphatic carbocycles. The van der Waals surface area contributed by atoms with E-state index in [0.29, 0.717) is 19.4 Å². The Hall–Kier alpha value is -1.92. The average molecular weight is 487 g/mol. The molecule has 3 unspecified atom stereocenters. The third-order valence-corrected chi connectivity index (χ3v) is 7.55. The molecule has 3 atom stereocenters. The van der Waals surface area contributed by atoms with Gasteiger partial charge in [0.15, 0.2) is 0 Å². The Morgan fingerprint density at radius 3 is 2.60 bits per heavy atom. The molecule has 1 fully saturated rings. The van der Waals surface area contributed by atoms with Crippen molar-refractivity contribution in [3.8, 4) is 0 Å². The molecule has 35 heavy (non-hydrogen) atoms. The van der Waals surface area contributed by atoms with Gasteiger partial charge in [-0.1, -0.05) is 72.4 Å². The fourth-order valence-corrected chi connectivity index (χ4v) is 4.68. The van der Waals surface area contributed by atoms with Crippen LogP contribution in [0.5, 0.6) is 0 Å². The summed E-state index contributed by atoms with van der Waals surface area (Å²) in [5.41, 5.74) is 8.73. The molecule has 0 bridgehead atoms. The second-order valence-electron chi connectivity index (χ2n) is 11.5. The number of nitrogens with one attached hydrogen (secondary N) is 3. The van der Waals surface area contributed by atoms with E-state index in [9.17, 15) is 9.90 Å². The predicted molar refractivity (Wildman–Crippen MR) is 147 cm³/mol. The maximum absolute atomic E-state index is 12.6. The summed E-state index contributed by atoms with van der Waals surface area (Å²) in [5.74, 6) is 1.20. The van der Waals surface area contributed by atoms with Crippen LogP contribution in [0.4, 0.5) is 5.69 Å². The van der Waals surface area contributed by atoms with Gasteiger partial charge in [-0.3, -0.25) is 4.79 Å². The largest absolute Gasteiger partial charge is 0.388 e. The van der Waals surface area contributed by atoms with Crippen LogP contribution in [0.1, 0.15) is 103 Å². The second kappa shape index (κ2) is 14.0. The molecule has 1 aromatic carbocycles. The molecule has 1 aliphatic rings. The van der Waals surface area contributed by atoms with E-state index in [1.54, 1.807) is 0 Å². The first-order chi connectivity index (χ1) is 16.6. The molecule has 198 valence electrons. The lowest BCUT2D eigenvalue weighted by molar-refractivity contribution is -0.129. The number of nitrogens with two attached hydrogens (primary N) is 1. The zero-order chi connectivity index (χ0) is 26.0. The zero-order valence-electron chi connectivity index (χ0n) is 22.7. The highest BCUT2D eigenvalue weighted by Crippen LogP contribution is 2.35. The Bertz CT molecular complexity index is 804. The summed E-state index contributed by atoms with van der Waals surface area (Å²) in [4.78, 5) is 12.6. The summed E-state index contributed by atoms with van der Waals surface area (Å²) in [7, 11) is 0. The van der Waals surface area contributed by atoms with Gasteiger partial charge < -0.3 is 26.9 Å². The van der Waals surface area contributed by atoms with E-state index < -0.39 is 6.10 Å². The lowest BCUT2D eigenvalue weighted by Crippen LogP contribution is -2.39. The predicted octanol–water partition coefficient (Wildman–Crippen LogP) is 5.64. The Balaban J connectivity index is 1.94. The van der Waals surface area contributed by atoms with Crippen molar-refractivity contribution in [2.45, 2.75) is 98.1 Å². The van der Waals surface area contributed by atoms with Crippen molar-refractivity contribution in [2.75, 3.05) is 18.4 Å². The van der Waals surface area contributed by atoms with Gasteiger partial charge in [-0.05, 0) is 55.1 Å². The molecule has 1 amide bonds. The lowest BCUT2D eigenvalue weighted by Gasteiger charge is -2.30. The number of carbonyl (C=O) groups is 1. The van der Waals surface area contributed by atoms with Crippen molar-refractivity contribution in [3.63, 3.8) is 0 Å². The standard InChI is InChI=1S/C29H50N4O2/c1-6-7-14-29(4,5)28(35)33-16-13-24(31)18-25(20(2)3)27(34)22-10-11-23(19-30)26(17-22)32-15-12-21-8-9-21/h10-11,17,19-21,24-25,27,30,32,34H,6-9,12-16,18,31H2,1-5H3,(H,33,35). The number of amides is 1. The Kier molecular flexibility index (Phi) is 11.7. The molecular weight excluding hydrogens is 436 g/mol. The molecule has 6 heteroatoms. The highest BCUT2D eigenvalue weighted by atomic mass is 16.3. The Labute approximate surface area is 213 Å². The van der Waals surface area contributed by atoms with E-state index in [1.807, 2.05) is 32.0 Å². The van der Waals surface area contributed by atoms with Gasteiger partial charge in [0, 0.05) is 42.0 Å². The SMILES string of the molecule is CCCCC(C)(C)C(=O)NCCC(N)CC(C(C)C)C(O)c1ccc(C=N)c(NCCC2CC2)c1. The highest BCUT2D eigenvalue weighted by molar-refractivity contribution is 5.86. The molecule has 0 aromatic heterocycles. The number of aliphatic hydroxyl groups excluding tert-OH is 1. The highest BCUT2D eigenvalue weighted by Gasteiger charge is 2.28. The van der Waals surface area contributed by atoms with Crippen molar-refractivity contribution in [1.82, 2.24) is 5.32 Å². The summed E-state index contributed by atoms with van der Waals surface area (Å²) in [6.45, 7) is 11.8. The summed E-state index contributed by atoms with van der Waals surface area (Å²) >= 11 is 0. The summed E-state index contributed by atoms with van der Waals surface area (Å²) in [6.07, 6.45) is 8.93. The van der Waals surface area contributed by atoms with Crippen LogP contribution in [0.3, 0.4) is 0 Å². The minimum atomic E-state index is -0.632. The molecular formula is C29H50N4O2. The monoisotopic (exact) mass is 486 g/mol. The zero-order valence-corrected chi connectivity index (χ0v) is 22.7. The van der Waals surface area contributed by atoms with E-state index in [1.165, 1.54) is 19.1 Å². The lowest BCUT2D eigenvalue weighted by atomic mass is 9.81. The van der Waals surface area contributed by atoms with Crippen LogP contribution in [0, 0.1) is 28.6 Å². The van der Waals surface area contributed by atoms with Crippen molar-refractivity contribution >= 4 is 17.8 Å². The Morgan fingerprint density at radius 2 is 2.00 bits per heavy atom. The van der Waals surface area contributed by atoms with Crippen molar-refractivity contribution in [1.29, 1.82) is 5.41 Å². The number of rotatable bonds is 17. The van der Waals surface area contributed by atoms with E-state index in [2.05, 4.69) is 31.4 Å². The van der Waals surface area contributed by atoms with Gasteiger partial charge in [0.2, 0.25) is 5.91 Å². The van der Waals surface area contributed by atoms with E-state index >= 15 is 0 Å². The van der Waals surface area contributed by atoms with Gasteiger partial charge in [0.1, 0.15) is 0 Å². The number of carbonyl (C=O) groups excluding carboxylic acids is 1. The number of unbranched alkanes of at least 4 members (excludes halogenated alkanes) is 1. The van der Waals surface area contributed by atoms with Crippen LogP contribution in [0.25, 0.3) is 0 Å². The van der Waals surface area contributed by atoms with Crippen LogP contribution < -0.4 is 16.4 Å². The van der Waals surface area contributed by atoms with Crippen LogP contribution in [-0.2, 0) is 4.79 Å². The van der Waals surface area contributed by atoms with Crippen molar-refractivity contribution < 1.29 is 9.90 Å². The van der Waals surface area contributed by atoms with E-state index in [-0.39, 0.29) is 29.2 Å². The number of hydrogen-bond donors (Lipinski definition) is 5. The molecule has 0 spiro atoms. The summed E-state index contributed by atoms with van der Waals surface area (Å²) in [5, 5.41) is 25.6. The van der Waals surface area contributed by atoms with E-state index in [0.717, 1.165) is 55.0 Å². The number of benzene rings is 1. The first-order valence-electron chi connectivity index (χ1n) is 13.7. The molecule has 6 N–H and O–H groups in total. The van der Waals surface area contributed by atoms with Gasteiger partial charge in [-0.25, -0.2) is 0 Å². The maximum atomic E-state index is 12.6. The minimum Gasteiger partial charge on any atom is -0.388 e. The molecule has 1 aromatic rings. The van der Waals surface area contributed by atoms with Crippen LogP contribution in [0.2, 0.25) is 0 Å². The number of hydrogen-bond acceptors (Lipinski definition) is 5. The third kappa shape index (κ3) is 9.57. The van der Waals surface area contributed by atoms with Crippen molar-refractivity contribution in [3.05, 3.63) is 29.3 Å². The van der Waals surface area contributed by atoms with Crippen LogP contribution in [-0.4, -0.2) is 36.4 Å². The molecule has 0 heterocycles. The number of aliphatic hydroxyl groups is 1. The van der Waals surface area contributed by atoms with Crippen LogP contribution >= 0.6 is 0 Å². The fourth-order valence-electron chi connectivity index (χ4n) is 4.68. The average Bonchev–Trinajstić information content (AvgIpc) is 3.65. The topological polar surface area (TPSA) is 111 Å². The van der Waals surface area contributed by atoms with Gasteiger partial charge >= 0.3 is 0 Å². The minimum absolute atomic E-state index is 0.00634.